The highest BCUT2D eigenvalue weighted by Gasteiger charge is 1.96. The van der Waals surface area contributed by atoms with Crippen molar-refractivity contribution in [2.75, 3.05) is 45.9 Å². The average Bonchev–Trinajstić information content (AvgIpc) is 2.46. The third-order valence-corrected chi connectivity index (χ3v) is 3.25. The zero-order valence-corrected chi connectivity index (χ0v) is 12.0. The number of carbonyl (C=O) groups is 1. The Labute approximate surface area is 118 Å². The minimum Gasteiger partial charge on any atom is -0.382 e. The van der Waals surface area contributed by atoms with E-state index >= 15 is 0 Å². The minimum absolute atomic E-state index is 0.592. The molecule has 0 aliphatic rings. The number of thioether (sulfide) groups is 1. The van der Waals surface area contributed by atoms with E-state index in [0.717, 1.165) is 16.9 Å². The molecule has 0 bridgehead atoms. The summed E-state index contributed by atoms with van der Waals surface area (Å²) in [7, 11) is 1.65. The van der Waals surface area contributed by atoms with Crippen LogP contribution in [0.5, 0.6) is 0 Å². The Hall–Kier alpha value is -0.880. The second-order valence-corrected chi connectivity index (χ2v) is 4.92. The van der Waals surface area contributed by atoms with E-state index in [0.29, 0.717) is 38.6 Å². The van der Waals surface area contributed by atoms with Crippen molar-refractivity contribution in [3.8, 4) is 0 Å². The van der Waals surface area contributed by atoms with E-state index in [1.165, 1.54) is 0 Å². The lowest BCUT2D eigenvalue weighted by Crippen LogP contribution is -2.09. The van der Waals surface area contributed by atoms with Crippen molar-refractivity contribution in [1.29, 1.82) is 0 Å². The van der Waals surface area contributed by atoms with Gasteiger partial charge < -0.3 is 14.2 Å². The minimum atomic E-state index is 0.592. The zero-order chi connectivity index (χ0) is 13.8. The summed E-state index contributed by atoms with van der Waals surface area (Å²) in [6.07, 6.45) is 0.859. The van der Waals surface area contributed by atoms with Crippen molar-refractivity contribution >= 4 is 18.0 Å². The zero-order valence-electron chi connectivity index (χ0n) is 11.2. The Bertz CT molecular complexity index is 357. The largest absolute Gasteiger partial charge is 0.382 e. The Balaban J connectivity index is 1.99. The van der Waals surface area contributed by atoms with E-state index < -0.39 is 0 Å². The molecule has 0 aliphatic carbocycles. The van der Waals surface area contributed by atoms with Crippen LogP contribution in [-0.2, 0) is 14.2 Å². The first-order valence-corrected chi connectivity index (χ1v) is 7.18. The topological polar surface area (TPSA) is 44.8 Å². The van der Waals surface area contributed by atoms with Crippen LogP contribution in [0.3, 0.4) is 0 Å². The van der Waals surface area contributed by atoms with Gasteiger partial charge in [-0.25, -0.2) is 0 Å². The summed E-state index contributed by atoms with van der Waals surface area (Å²) < 4.78 is 15.6. The van der Waals surface area contributed by atoms with Gasteiger partial charge in [0.2, 0.25) is 0 Å². The maximum absolute atomic E-state index is 10.6. The molecule has 19 heavy (non-hydrogen) atoms. The fourth-order valence-corrected chi connectivity index (χ4v) is 2.19. The number of aldehydes is 1. The highest BCUT2D eigenvalue weighted by molar-refractivity contribution is 7.99. The molecule has 0 atom stereocenters. The third kappa shape index (κ3) is 8.00. The van der Waals surface area contributed by atoms with Gasteiger partial charge in [-0.1, -0.05) is 12.1 Å². The lowest BCUT2D eigenvalue weighted by molar-refractivity contribution is 0.0286. The molecule has 5 heteroatoms. The monoisotopic (exact) mass is 284 g/mol. The molecule has 0 spiro atoms. The van der Waals surface area contributed by atoms with E-state index in [9.17, 15) is 4.79 Å². The number of hydrogen-bond donors (Lipinski definition) is 0. The Morgan fingerprint density at radius 2 is 1.84 bits per heavy atom. The lowest BCUT2D eigenvalue weighted by atomic mass is 10.2. The van der Waals surface area contributed by atoms with Gasteiger partial charge in [-0.3, -0.25) is 4.79 Å². The predicted molar refractivity (Wildman–Crippen MR) is 76.1 cm³/mol. The van der Waals surface area contributed by atoms with Gasteiger partial charge in [0, 0.05) is 23.3 Å². The van der Waals surface area contributed by atoms with Crippen molar-refractivity contribution in [3.05, 3.63) is 29.8 Å². The van der Waals surface area contributed by atoms with Crippen LogP contribution in [0, 0.1) is 0 Å². The van der Waals surface area contributed by atoms with Crippen LogP contribution in [0.2, 0.25) is 0 Å². The number of carbonyl (C=O) groups excluding carboxylic acids is 1. The maximum Gasteiger partial charge on any atom is 0.150 e. The standard InChI is InChI=1S/C14H20O4S/c1-16-5-6-17-7-8-18-9-10-19-14-4-2-3-13(11-14)12-15/h2-4,11-12H,5-10H2,1H3. The quantitative estimate of drug-likeness (QED) is 0.354. The summed E-state index contributed by atoms with van der Waals surface area (Å²) in [5.74, 6) is 0.861. The Morgan fingerprint density at radius 1 is 1.11 bits per heavy atom. The van der Waals surface area contributed by atoms with Crippen molar-refractivity contribution in [3.63, 3.8) is 0 Å². The highest BCUT2D eigenvalue weighted by Crippen LogP contribution is 2.18. The number of hydrogen-bond acceptors (Lipinski definition) is 5. The summed E-state index contributed by atoms with van der Waals surface area (Å²) in [5, 5.41) is 0. The van der Waals surface area contributed by atoms with Crippen LogP contribution < -0.4 is 0 Å². The molecule has 106 valence electrons. The second kappa shape index (κ2) is 11.0. The van der Waals surface area contributed by atoms with E-state index in [2.05, 4.69) is 0 Å². The molecule has 0 amide bonds. The van der Waals surface area contributed by atoms with Gasteiger partial charge >= 0.3 is 0 Å². The molecule has 0 aliphatic heterocycles. The molecule has 0 saturated carbocycles. The lowest BCUT2D eigenvalue weighted by Gasteiger charge is -2.05. The van der Waals surface area contributed by atoms with Crippen molar-refractivity contribution in [2.24, 2.45) is 0 Å². The molecule has 4 nitrogen and oxygen atoms in total. The first-order chi connectivity index (χ1) is 9.36. The summed E-state index contributed by atoms with van der Waals surface area (Å²) in [6.45, 7) is 3.08. The molecular formula is C14H20O4S. The molecule has 0 heterocycles. The van der Waals surface area contributed by atoms with E-state index in [4.69, 9.17) is 14.2 Å². The van der Waals surface area contributed by atoms with E-state index in [1.807, 2.05) is 18.2 Å². The first-order valence-electron chi connectivity index (χ1n) is 6.19. The third-order valence-electron chi connectivity index (χ3n) is 2.29. The van der Waals surface area contributed by atoms with Crippen LogP contribution in [0.25, 0.3) is 0 Å². The smallest absolute Gasteiger partial charge is 0.150 e. The summed E-state index contributed by atoms with van der Waals surface area (Å²) in [5.41, 5.74) is 0.706. The average molecular weight is 284 g/mol. The van der Waals surface area contributed by atoms with Gasteiger partial charge in [0.25, 0.3) is 0 Å². The van der Waals surface area contributed by atoms with Crippen LogP contribution in [0.1, 0.15) is 10.4 Å². The van der Waals surface area contributed by atoms with Crippen molar-refractivity contribution < 1.29 is 19.0 Å². The van der Waals surface area contributed by atoms with Crippen LogP contribution >= 0.6 is 11.8 Å². The van der Waals surface area contributed by atoms with Gasteiger partial charge in [-0.15, -0.1) is 11.8 Å². The van der Waals surface area contributed by atoms with Gasteiger partial charge in [0.1, 0.15) is 6.29 Å². The van der Waals surface area contributed by atoms with E-state index in [-0.39, 0.29) is 0 Å². The normalized spacial score (nSPS) is 10.6. The molecular weight excluding hydrogens is 264 g/mol. The molecule has 0 radical (unpaired) electrons. The van der Waals surface area contributed by atoms with Gasteiger partial charge in [0.05, 0.1) is 33.0 Å². The second-order valence-electron chi connectivity index (χ2n) is 3.76. The van der Waals surface area contributed by atoms with Gasteiger partial charge in [0.15, 0.2) is 0 Å². The summed E-state index contributed by atoms with van der Waals surface area (Å²) in [6, 6.07) is 7.55. The molecule has 0 aromatic heterocycles. The van der Waals surface area contributed by atoms with Crippen molar-refractivity contribution in [2.45, 2.75) is 4.90 Å². The van der Waals surface area contributed by atoms with E-state index in [1.54, 1.807) is 24.9 Å². The number of ether oxygens (including phenoxy) is 3. The number of methoxy groups -OCH3 is 1. The van der Waals surface area contributed by atoms with Crippen molar-refractivity contribution in [1.82, 2.24) is 0 Å². The molecule has 0 unspecified atom stereocenters. The molecule has 0 N–H and O–H groups in total. The van der Waals surface area contributed by atoms with Crippen LogP contribution in [0.4, 0.5) is 0 Å². The number of rotatable bonds is 11. The van der Waals surface area contributed by atoms with Gasteiger partial charge in [-0.05, 0) is 12.1 Å². The fourth-order valence-electron chi connectivity index (χ4n) is 1.36. The van der Waals surface area contributed by atoms with Crippen LogP contribution in [0.15, 0.2) is 29.2 Å². The Morgan fingerprint density at radius 3 is 2.58 bits per heavy atom. The Kier molecular flexibility index (Phi) is 9.36. The molecule has 0 fully saturated rings. The summed E-state index contributed by atoms with van der Waals surface area (Å²) in [4.78, 5) is 11.7. The molecule has 1 aromatic rings. The first kappa shape index (κ1) is 16.2. The van der Waals surface area contributed by atoms with Crippen LogP contribution in [-0.4, -0.2) is 52.2 Å². The van der Waals surface area contributed by atoms with Gasteiger partial charge in [-0.2, -0.15) is 0 Å². The molecule has 1 rings (SSSR count). The maximum atomic E-state index is 10.6. The predicted octanol–water partition coefficient (Wildman–Crippen LogP) is 2.27. The number of benzene rings is 1. The SMILES string of the molecule is COCCOCCOCCSc1cccc(C=O)c1. The summed E-state index contributed by atoms with van der Waals surface area (Å²) >= 11 is 1.68. The highest BCUT2D eigenvalue weighted by atomic mass is 32.2. The fraction of sp³-hybridized carbons (Fsp3) is 0.500. The molecule has 0 saturated heterocycles. The molecule has 1 aromatic carbocycles.